The van der Waals surface area contributed by atoms with Crippen LogP contribution in [0.4, 0.5) is 0 Å². The van der Waals surface area contributed by atoms with Crippen molar-refractivity contribution < 1.29 is 9.53 Å². The zero-order valence-corrected chi connectivity index (χ0v) is 28.2. The van der Waals surface area contributed by atoms with E-state index in [1.165, 1.54) is 78.0 Å². The monoisotopic (exact) mass is 568 g/mol. The number of rotatable bonds is 11. The number of carbonyl (C=O) groups excluding carboxylic acids is 1. The summed E-state index contributed by atoms with van der Waals surface area (Å²) in [5.74, 6) is -0.330. The highest BCUT2D eigenvalue weighted by molar-refractivity contribution is 5.83. The minimum Gasteiger partial charge on any atom is -0.458 e. The second kappa shape index (κ2) is 16.5. The van der Waals surface area contributed by atoms with Crippen molar-refractivity contribution in [2.75, 3.05) is 6.61 Å². The molecule has 0 radical (unpaired) electrons. The molecule has 0 atom stereocenters. The van der Waals surface area contributed by atoms with Crippen molar-refractivity contribution >= 4 is 5.97 Å². The van der Waals surface area contributed by atoms with Crippen molar-refractivity contribution in [3.8, 4) is 0 Å². The third kappa shape index (κ3) is 12.0. The Kier molecular flexibility index (Phi) is 13.8. The van der Waals surface area contributed by atoms with Crippen molar-refractivity contribution in [3.05, 3.63) is 117 Å². The molecule has 2 aliphatic carbocycles. The maximum Gasteiger partial charge on any atom is 0.331 e. The third-order valence-corrected chi connectivity index (χ3v) is 8.52. The van der Waals surface area contributed by atoms with E-state index in [0.717, 1.165) is 11.1 Å². The van der Waals surface area contributed by atoms with Crippen LogP contribution in [0.5, 0.6) is 0 Å². The molecule has 0 aromatic heterocycles. The van der Waals surface area contributed by atoms with E-state index in [9.17, 15) is 4.79 Å². The van der Waals surface area contributed by atoms with Crippen LogP contribution in [0.25, 0.3) is 0 Å². The first-order valence-electron chi connectivity index (χ1n) is 15.7. The van der Waals surface area contributed by atoms with Gasteiger partial charge in [0.1, 0.15) is 6.61 Å². The zero-order chi connectivity index (χ0) is 31.3. The van der Waals surface area contributed by atoms with Gasteiger partial charge in [0, 0.05) is 6.08 Å². The lowest BCUT2D eigenvalue weighted by Gasteiger charge is -2.33. The summed E-state index contributed by atoms with van der Waals surface area (Å²) in [7, 11) is 0. The molecular weight excluding hydrogens is 512 g/mol. The summed E-state index contributed by atoms with van der Waals surface area (Å²) >= 11 is 0. The van der Waals surface area contributed by atoms with Crippen LogP contribution in [0, 0.1) is 10.8 Å². The van der Waals surface area contributed by atoms with Gasteiger partial charge >= 0.3 is 5.97 Å². The second-order valence-electron chi connectivity index (χ2n) is 13.5. The molecule has 2 aliphatic rings. The average molecular weight is 569 g/mol. The molecule has 0 aromatic rings. The van der Waals surface area contributed by atoms with Crippen LogP contribution < -0.4 is 0 Å². The molecule has 2 nitrogen and oxygen atoms in total. The molecule has 42 heavy (non-hydrogen) atoms. The normalized spacial score (nSPS) is 21.1. The average Bonchev–Trinajstić information content (AvgIpc) is 2.87. The molecule has 2 rings (SSSR count). The quantitative estimate of drug-likeness (QED) is 0.141. The lowest BCUT2D eigenvalue weighted by atomic mass is 9.72. The highest BCUT2D eigenvalue weighted by Gasteiger charge is 2.27. The number of allylic oxidation sites excluding steroid dienone is 18. The van der Waals surface area contributed by atoms with Crippen molar-refractivity contribution in [1.82, 2.24) is 0 Å². The van der Waals surface area contributed by atoms with E-state index in [0.29, 0.717) is 0 Å². The summed E-state index contributed by atoms with van der Waals surface area (Å²) in [5.41, 5.74) is 10.8. The lowest BCUT2D eigenvalue weighted by molar-refractivity contribution is -0.136. The number of hydrogen-bond donors (Lipinski definition) is 0. The molecule has 0 bridgehead atoms. The molecule has 0 aliphatic heterocycles. The van der Waals surface area contributed by atoms with E-state index in [-0.39, 0.29) is 23.4 Å². The summed E-state index contributed by atoms with van der Waals surface area (Å²) < 4.78 is 5.39. The zero-order valence-electron chi connectivity index (χ0n) is 28.2. The van der Waals surface area contributed by atoms with Crippen LogP contribution in [0.15, 0.2) is 117 Å². The summed E-state index contributed by atoms with van der Waals surface area (Å²) in [6.45, 7) is 22.3. The van der Waals surface area contributed by atoms with Gasteiger partial charge in [-0.1, -0.05) is 116 Å². The van der Waals surface area contributed by atoms with E-state index in [1.54, 1.807) is 0 Å². The molecule has 0 N–H and O–H groups in total. The van der Waals surface area contributed by atoms with Crippen molar-refractivity contribution in [1.29, 1.82) is 0 Å². The van der Waals surface area contributed by atoms with Crippen LogP contribution in [0.1, 0.15) is 108 Å². The molecule has 0 aromatic carbocycles. The maximum atomic E-state index is 12.2. The Morgan fingerprint density at radius 3 is 1.60 bits per heavy atom. The van der Waals surface area contributed by atoms with Gasteiger partial charge in [-0.25, -0.2) is 4.79 Å². The molecular formula is C40H56O2. The fourth-order valence-electron chi connectivity index (χ4n) is 5.86. The fraction of sp³-hybridized carbons (Fsp3) is 0.475. The van der Waals surface area contributed by atoms with Crippen molar-refractivity contribution in [3.63, 3.8) is 0 Å². The highest BCUT2D eigenvalue weighted by Crippen LogP contribution is 2.41. The summed E-state index contributed by atoms with van der Waals surface area (Å²) in [5, 5.41) is 0. The smallest absolute Gasteiger partial charge is 0.331 e. The third-order valence-electron chi connectivity index (χ3n) is 8.52. The second-order valence-corrected chi connectivity index (χ2v) is 13.5. The molecule has 2 heteroatoms. The SMILES string of the molecule is CC1=C(/C=C/C(C)=C/C=C/C(C)=C\C(=O)OC/C=C(C)/C=C/C=C(C)/C=C/C2=C(C)CCCC2(C)C)C(C)(C)CCC1. The Hall–Kier alpha value is -3.13. The molecule has 0 saturated carbocycles. The predicted octanol–water partition coefficient (Wildman–Crippen LogP) is 11.6. The minimum atomic E-state index is -0.330. The van der Waals surface area contributed by atoms with E-state index in [2.05, 4.69) is 91.8 Å². The van der Waals surface area contributed by atoms with Crippen LogP contribution in [0.3, 0.4) is 0 Å². The van der Waals surface area contributed by atoms with Gasteiger partial charge in [0.2, 0.25) is 0 Å². The largest absolute Gasteiger partial charge is 0.458 e. The van der Waals surface area contributed by atoms with Gasteiger partial charge in [0.05, 0.1) is 0 Å². The first kappa shape index (κ1) is 35.1. The van der Waals surface area contributed by atoms with Gasteiger partial charge in [0.25, 0.3) is 0 Å². The molecule has 228 valence electrons. The van der Waals surface area contributed by atoms with Crippen LogP contribution >= 0.6 is 0 Å². The van der Waals surface area contributed by atoms with Gasteiger partial charge in [-0.05, 0) is 114 Å². The number of ether oxygens (including phenoxy) is 1. The highest BCUT2D eigenvalue weighted by atomic mass is 16.5. The van der Waals surface area contributed by atoms with Crippen molar-refractivity contribution in [2.45, 2.75) is 108 Å². The van der Waals surface area contributed by atoms with E-state index >= 15 is 0 Å². The van der Waals surface area contributed by atoms with Crippen LogP contribution in [0.2, 0.25) is 0 Å². The first-order valence-corrected chi connectivity index (χ1v) is 15.7. The molecule has 0 heterocycles. The maximum absolute atomic E-state index is 12.2. The molecule has 0 spiro atoms. The predicted molar refractivity (Wildman–Crippen MR) is 183 cm³/mol. The Labute approximate surface area is 257 Å². The lowest BCUT2D eigenvalue weighted by Crippen LogP contribution is -2.19. The Balaban J connectivity index is 1.83. The van der Waals surface area contributed by atoms with Crippen molar-refractivity contribution in [2.24, 2.45) is 10.8 Å². The minimum absolute atomic E-state index is 0.246. The number of esters is 1. The molecule has 0 amide bonds. The van der Waals surface area contributed by atoms with Gasteiger partial charge in [-0.15, -0.1) is 0 Å². The first-order chi connectivity index (χ1) is 19.7. The Bertz CT molecular complexity index is 1270. The van der Waals surface area contributed by atoms with E-state index in [1.807, 2.05) is 44.2 Å². The Morgan fingerprint density at radius 1 is 0.690 bits per heavy atom. The number of carbonyl (C=O) groups is 1. The van der Waals surface area contributed by atoms with Gasteiger partial charge in [0.15, 0.2) is 0 Å². The van der Waals surface area contributed by atoms with Crippen LogP contribution in [-0.2, 0) is 9.53 Å². The van der Waals surface area contributed by atoms with Gasteiger partial charge < -0.3 is 4.74 Å². The summed E-state index contributed by atoms with van der Waals surface area (Å²) in [4.78, 5) is 12.2. The van der Waals surface area contributed by atoms with E-state index < -0.39 is 0 Å². The Morgan fingerprint density at radius 2 is 1.14 bits per heavy atom. The van der Waals surface area contributed by atoms with Gasteiger partial charge in [-0.3, -0.25) is 0 Å². The van der Waals surface area contributed by atoms with Crippen LogP contribution in [-0.4, -0.2) is 12.6 Å². The molecule has 0 unspecified atom stereocenters. The number of hydrogen-bond acceptors (Lipinski definition) is 2. The summed E-state index contributed by atoms with van der Waals surface area (Å²) in [6, 6.07) is 0. The fourth-order valence-corrected chi connectivity index (χ4v) is 5.86. The van der Waals surface area contributed by atoms with Gasteiger partial charge in [-0.2, -0.15) is 0 Å². The topological polar surface area (TPSA) is 26.3 Å². The standard InChI is InChI=1S/C40H56O2/c1-30(21-23-36-34(5)19-13-26-39(36,7)8)15-11-17-32(3)25-28-42-38(41)29-33(4)18-12-16-31(2)22-24-37-35(6)20-14-27-40(37,9)10/h11-12,15-18,21-25,29H,13-14,19-20,26-28H2,1-10H3/b17-11+,18-12+,23-21+,24-22+,30-15+,31-16+,32-25+,33-29-. The summed E-state index contributed by atoms with van der Waals surface area (Å²) in [6.07, 6.45) is 32.1. The molecule has 0 saturated heterocycles. The molecule has 0 fully saturated rings. The van der Waals surface area contributed by atoms with E-state index in [4.69, 9.17) is 4.74 Å².